The fourth-order valence-electron chi connectivity index (χ4n) is 4.90. The first-order valence-corrected chi connectivity index (χ1v) is 15.3. The third-order valence-electron chi connectivity index (χ3n) is 6.65. The summed E-state index contributed by atoms with van der Waals surface area (Å²) < 4.78 is 8.29. The van der Waals surface area contributed by atoms with E-state index in [2.05, 4.69) is 11.2 Å². The van der Waals surface area contributed by atoms with Crippen molar-refractivity contribution in [2.75, 3.05) is 38.5 Å². The number of urea groups is 1. The highest BCUT2D eigenvalue weighted by Gasteiger charge is 2.45. The Morgan fingerprint density at radius 3 is 2.21 bits per heavy atom. The number of ether oxygens (including phenoxy) is 1. The van der Waals surface area contributed by atoms with Gasteiger partial charge in [-0.2, -0.15) is 0 Å². The predicted molar refractivity (Wildman–Crippen MR) is 159 cm³/mol. The number of carbonyl (C=O) groups excluding carboxylic acids is 1. The van der Waals surface area contributed by atoms with Crippen molar-refractivity contribution < 1.29 is 9.53 Å². The molecule has 0 bridgehead atoms. The van der Waals surface area contributed by atoms with Crippen molar-refractivity contribution in [1.82, 2.24) is 14.1 Å². The first kappa shape index (κ1) is 27.3. The highest BCUT2D eigenvalue weighted by Crippen LogP contribution is 2.46. The van der Waals surface area contributed by atoms with Gasteiger partial charge in [-0.25, -0.2) is 9.10 Å². The molecule has 6 nitrogen and oxygen atoms in total. The lowest BCUT2D eigenvalue weighted by atomic mass is 9.94. The number of halogens is 2. The first-order chi connectivity index (χ1) is 18.5. The quantitative estimate of drug-likeness (QED) is 0.270. The van der Waals surface area contributed by atoms with Gasteiger partial charge in [0.05, 0.1) is 12.6 Å². The van der Waals surface area contributed by atoms with Crippen LogP contribution in [0.3, 0.4) is 0 Å². The van der Waals surface area contributed by atoms with Crippen molar-refractivity contribution >= 4 is 58.4 Å². The molecule has 2 atom stereocenters. The number of hydrogen-bond acceptors (Lipinski definition) is 6. The molecule has 1 saturated heterocycles. The maximum Gasteiger partial charge on any atom is 0.326 e. The van der Waals surface area contributed by atoms with E-state index in [1.807, 2.05) is 88.6 Å². The van der Waals surface area contributed by atoms with Crippen LogP contribution in [0.2, 0.25) is 10.0 Å². The van der Waals surface area contributed by atoms with Crippen LogP contribution in [-0.4, -0.2) is 64.5 Å². The van der Waals surface area contributed by atoms with Crippen LogP contribution in [0.4, 0.5) is 4.79 Å². The van der Waals surface area contributed by atoms with Crippen LogP contribution in [0.5, 0.6) is 5.75 Å². The fourth-order valence-corrected chi connectivity index (χ4v) is 6.76. The van der Waals surface area contributed by atoms with Gasteiger partial charge < -0.3 is 9.64 Å². The number of amides is 2. The lowest BCUT2D eigenvalue weighted by molar-refractivity contribution is 0.146. The van der Waals surface area contributed by atoms with Gasteiger partial charge in [-0.05, 0) is 53.8 Å². The molecule has 2 unspecified atom stereocenters. The molecule has 2 aliphatic rings. The number of amidine groups is 1. The average molecular weight is 590 g/mol. The van der Waals surface area contributed by atoms with E-state index in [4.69, 9.17) is 32.9 Å². The summed E-state index contributed by atoms with van der Waals surface area (Å²) in [7, 11) is 0. The van der Waals surface area contributed by atoms with Gasteiger partial charge in [0.25, 0.3) is 0 Å². The van der Waals surface area contributed by atoms with Crippen LogP contribution in [0, 0.1) is 0 Å². The van der Waals surface area contributed by atoms with Gasteiger partial charge in [-0.1, -0.05) is 66.3 Å². The summed E-state index contributed by atoms with van der Waals surface area (Å²) in [5.41, 5.74) is 1.96. The zero-order valence-electron chi connectivity index (χ0n) is 21.3. The molecule has 0 saturated carbocycles. The molecule has 2 aromatic carbocycles. The lowest BCUT2D eigenvalue weighted by Gasteiger charge is -2.38. The molecule has 0 aliphatic carbocycles. The number of piperazine rings is 1. The van der Waals surface area contributed by atoms with Gasteiger partial charge in [-0.3, -0.25) is 9.89 Å². The molecule has 38 heavy (non-hydrogen) atoms. The molecule has 0 radical (unpaired) electrons. The molecule has 10 heteroatoms. The smallest absolute Gasteiger partial charge is 0.326 e. The van der Waals surface area contributed by atoms with Crippen molar-refractivity contribution in [3.63, 3.8) is 0 Å². The maximum absolute atomic E-state index is 14.4. The Balaban J connectivity index is 1.59. The summed E-state index contributed by atoms with van der Waals surface area (Å²) in [6.07, 6.45) is 0. The van der Waals surface area contributed by atoms with Crippen LogP contribution in [0.15, 0.2) is 65.0 Å². The molecule has 200 valence electrons. The minimum atomic E-state index is -0.351. The van der Waals surface area contributed by atoms with E-state index >= 15 is 0 Å². The Morgan fingerprint density at radius 1 is 0.974 bits per heavy atom. The summed E-state index contributed by atoms with van der Waals surface area (Å²) >= 11 is 15.8. The number of rotatable bonds is 7. The standard InChI is InChI=1S/C28H30Cl2N4O2S2/c1-3-36-23-13-18-37-26(23)27-31-24(19-5-9-21(29)10-6-19)25(20-7-11-22(30)12-8-20)34(27)28(35)32-14-16-33(17-15-32)38-4-2/h5-13,18,24-25H,3-4,14-17H2,1-2H3. The minimum Gasteiger partial charge on any atom is -0.492 e. The molecule has 2 amide bonds. The number of thiophene rings is 1. The maximum atomic E-state index is 14.4. The Bertz CT molecular complexity index is 1270. The monoisotopic (exact) mass is 588 g/mol. The summed E-state index contributed by atoms with van der Waals surface area (Å²) in [5, 5.41) is 3.29. The molecule has 2 aliphatic heterocycles. The second-order valence-electron chi connectivity index (χ2n) is 8.98. The van der Waals surface area contributed by atoms with Gasteiger partial charge in [0.2, 0.25) is 0 Å². The van der Waals surface area contributed by atoms with Crippen molar-refractivity contribution in [3.05, 3.63) is 86.0 Å². The van der Waals surface area contributed by atoms with E-state index in [9.17, 15) is 4.79 Å². The molecule has 3 heterocycles. The Morgan fingerprint density at radius 2 is 1.61 bits per heavy atom. The normalized spacial score (nSPS) is 20.1. The minimum absolute atomic E-state index is 0.0443. The first-order valence-electron chi connectivity index (χ1n) is 12.8. The lowest BCUT2D eigenvalue weighted by Crippen LogP contribution is -2.53. The zero-order chi connectivity index (χ0) is 26.6. The summed E-state index contributed by atoms with van der Waals surface area (Å²) in [4.78, 5) is 24.3. The number of nitrogens with zero attached hydrogens (tertiary/aromatic N) is 4. The Kier molecular flexibility index (Phi) is 8.85. The van der Waals surface area contributed by atoms with Crippen molar-refractivity contribution in [3.8, 4) is 5.75 Å². The summed E-state index contributed by atoms with van der Waals surface area (Å²) in [5.74, 6) is 2.40. The van der Waals surface area contributed by atoms with E-state index in [0.717, 1.165) is 40.6 Å². The van der Waals surface area contributed by atoms with Crippen LogP contribution >= 0.6 is 46.5 Å². The van der Waals surface area contributed by atoms with E-state index in [0.29, 0.717) is 35.6 Å². The predicted octanol–water partition coefficient (Wildman–Crippen LogP) is 7.40. The zero-order valence-corrected chi connectivity index (χ0v) is 24.5. The highest BCUT2D eigenvalue weighted by atomic mass is 35.5. The molecular formula is C28H30Cl2N4O2S2. The van der Waals surface area contributed by atoms with Crippen LogP contribution < -0.4 is 4.74 Å². The molecule has 5 rings (SSSR count). The molecule has 1 fully saturated rings. The van der Waals surface area contributed by atoms with Crippen molar-refractivity contribution in [1.29, 1.82) is 0 Å². The van der Waals surface area contributed by atoms with E-state index in [1.165, 1.54) is 11.3 Å². The molecular weight excluding hydrogens is 559 g/mol. The fraction of sp³-hybridized carbons (Fsp3) is 0.357. The van der Waals surface area contributed by atoms with Gasteiger partial charge in [0.1, 0.15) is 16.7 Å². The molecule has 1 aromatic heterocycles. The van der Waals surface area contributed by atoms with Crippen LogP contribution in [0.1, 0.15) is 41.9 Å². The Labute approximate surface area is 242 Å². The third-order valence-corrected chi connectivity index (χ3v) is 9.03. The summed E-state index contributed by atoms with van der Waals surface area (Å²) in [6.45, 7) is 7.64. The van der Waals surface area contributed by atoms with Crippen LogP contribution in [0.25, 0.3) is 0 Å². The molecule has 3 aromatic rings. The van der Waals surface area contributed by atoms with Gasteiger partial charge in [0.15, 0.2) is 5.84 Å². The highest BCUT2D eigenvalue weighted by molar-refractivity contribution is 7.96. The van der Waals surface area contributed by atoms with E-state index < -0.39 is 0 Å². The number of benzene rings is 2. The van der Waals surface area contributed by atoms with Crippen LogP contribution in [-0.2, 0) is 0 Å². The second kappa shape index (κ2) is 12.3. The van der Waals surface area contributed by atoms with Crippen molar-refractivity contribution in [2.24, 2.45) is 4.99 Å². The van der Waals surface area contributed by atoms with E-state index in [1.54, 1.807) is 0 Å². The van der Waals surface area contributed by atoms with E-state index in [-0.39, 0.29) is 18.1 Å². The molecule has 0 N–H and O–H groups in total. The second-order valence-corrected chi connectivity index (χ2v) is 12.1. The topological polar surface area (TPSA) is 48.4 Å². The average Bonchev–Trinajstić information content (AvgIpc) is 3.55. The largest absolute Gasteiger partial charge is 0.492 e. The molecule has 0 spiro atoms. The Hall–Kier alpha value is -2.23. The third kappa shape index (κ3) is 5.70. The number of carbonyl (C=O) groups is 1. The SMILES string of the molecule is CCOc1ccsc1C1=NC(c2ccc(Cl)cc2)C(c2ccc(Cl)cc2)N1C(=O)N1CCN(SCC)CC1. The van der Waals surface area contributed by atoms with Gasteiger partial charge in [-0.15, -0.1) is 11.3 Å². The number of aliphatic imine (C=N–C) groups is 1. The van der Waals surface area contributed by atoms with Crippen molar-refractivity contribution in [2.45, 2.75) is 25.9 Å². The van der Waals surface area contributed by atoms with Gasteiger partial charge >= 0.3 is 6.03 Å². The number of hydrogen-bond donors (Lipinski definition) is 0. The summed E-state index contributed by atoms with van der Waals surface area (Å²) in [6, 6.07) is 16.7. The van der Waals surface area contributed by atoms with Gasteiger partial charge in [0, 0.05) is 42.0 Å².